The van der Waals surface area contributed by atoms with Crippen molar-refractivity contribution in [2.24, 2.45) is 7.05 Å². The minimum absolute atomic E-state index is 0.0653. The highest BCUT2D eigenvalue weighted by Crippen LogP contribution is 2.31. The molecule has 0 spiro atoms. The number of aromatic nitrogens is 4. The van der Waals surface area contributed by atoms with Crippen LogP contribution in [0.1, 0.15) is 37.1 Å². The van der Waals surface area contributed by atoms with Crippen molar-refractivity contribution in [1.29, 1.82) is 0 Å². The van der Waals surface area contributed by atoms with E-state index in [1.807, 2.05) is 20.2 Å². The zero-order valence-electron chi connectivity index (χ0n) is 17.3. The average molecular weight is 413 g/mol. The number of rotatable bonds is 7. The first-order valence-electron chi connectivity index (χ1n) is 10.1. The summed E-state index contributed by atoms with van der Waals surface area (Å²) < 4.78 is 36.8. The van der Waals surface area contributed by atoms with Crippen molar-refractivity contribution in [3.8, 4) is 17.0 Å². The van der Waals surface area contributed by atoms with Gasteiger partial charge in [0.15, 0.2) is 0 Å². The molecule has 0 aliphatic carbocycles. The number of benzene rings is 1. The van der Waals surface area contributed by atoms with Gasteiger partial charge in [0.05, 0.1) is 6.20 Å². The Morgan fingerprint density at radius 2 is 2.07 bits per heavy atom. The van der Waals surface area contributed by atoms with Crippen molar-refractivity contribution < 1.29 is 13.5 Å². The van der Waals surface area contributed by atoms with Gasteiger partial charge in [0.1, 0.15) is 29.7 Å². The summed E-state index contributed by atoms with van der Waals surface area (Å²) in [5.41, 5.74) is 3.64. The van der Waals surface area contributed by atoms with Crippen molar-refractivity contribution >= 4 is 11.6 Å². The van der Waals surface area contributed by atoms with Crippen LogP contribution >= 0.6 is 0 Å². The highest BCUT2D eigenvalue weighted by atomic mass is 19.1. The minimum atomic E-state index is -0.648. The lowest BCUT2D eigenvalue weighted by Gasteiger charge is -2.27. The molecule has 30 heavy (non-hydrogen) atoms. The van der Waals surface area contributed by atoms with E-state index >= 15 is 0 Å². The highest BCUT2D eigenvalue weighted by molar-refractivity contribution is 5.86. The lowest BCUT2D eigenvalue weighted by Crippen LogP contribution is -2.46. The van der Waals surface area contributed by atoms with Crippen LogP contribution in [0.3, 0.4) is 0 Å². The lowest BCUT2D eigenvalue weighted by molar-refractivity contribution is 0.216. The molecule has 4 rings (SSSR count). The Kier molecular flexibility index (Phi) is 5.67. The van der Waals surface area contributed by atoms with Crippen LogP contribution in [-0.4, -0.2) is 39.2 Å². The molecule has 1 atom stereocenters. The van der Waals surface area contributed by atoms with E-state index < -0.39 is 11.6 Å². The lowest BCUT2D eigenvalue weighted by atomic mass is 10.00. The molecule has 1 aliphatic rings. The zero-order chi connectivity index (χ0) is 21.3. The second kappa shape index (κ2) is 8.39. The molecule has 0 bridgehead atoms. The van der Waals surface area contributed by atoms with Crippen LogP contribution in [0.25, 0.3) is 22.9 Å². The predicted molar refractivity (Wildman–Crippen MR) is 112 cm³/mol. The molecule has 158 valence electrons. The maximum absolute atomic E-state index is 14.8. The van der Waals surface area contributed by atoms with E-state index in [2.05, 4.69) is 20.6 Å². The number of hydrogen-bond acceptors (Lipinski definition) is 4. The summed E-state index contributed by atoms with van der Waals surface area (Å²) in [5.74, 6) is -1.10. The Hall–Kier alpha value is -3.00. The quantitative estimate of drug-likeness (QED) is 0.616. The van der Waals surface area contributed by atoms with Crippen LogP contribution in [0, 0.1) is 11.6 Å². The van der Waals surface area contributed by atoms with Crippen molar-refractivity contribution in [1.82, 2.24) is 25.3 Å². The minimum Gasteiger partial charge on any atom is -0.492 e. The molecule has 1 unspecified atom stereocenters. The normalized spacial score (nSPS) is 16.6. The number of aromatic amines is 1. The van der Waals surface area contributed by atoms with Crippen molar-refractivity contribution in [3.05, 3.63) is 53.0 Å². The summed E-state index contributed by atoms with van der Waals surface area (Å²) in [6.07, 6.45) is 7.05. The summed E-state index contributed by atoms with van der Waals surface area (Å²) in [4.78, 5) is 0. The molecular formula is C22H25F2N5O. The van der Waals surface area contributed by atoms with Gasteiger partial charge in [0.2, 0.25) is 0 Å². The molecule has 0 radical (unpaired) electrons. The molecular weight excluding hydrogens is 388 g/mol. The molecule has 6 nitrogen and oxygen atoms in total. The maximum Gasteiger partial charge on any atom is 0.137 e. The standard InChI is InChI=1S/C22H25F2N5O/c1-4-20-17(22(28-27-20)14-10-26-29(3)11-14)7-13(2)21-18(23)8-16(9-19(21)24)30-12-15-5-6-25-15/h7-11,15,25H,4-6,12H2,1-3H3,(H,27,28)/b13-7+. The summed E-state index contributed by atoms with van der Waals surface area (Å²) >= 11 is 0. The molecule has 0 amide bonds. The molecule has 3 aromatic rings. The molecule has 3 heterocycles. The van der Waals surface area contributed by atoms with Gasteiger partial charge >= 0.3 is 0 Å². The third kappa shape index (κ3) is 4.00. The van der Waals surface area contributed by atoms with Crippen molar-refractivity contribution in [2.75, 3.05) is 13.2 Å². The van der Waals surface area contributed by atoms with Crippen LogP contribution in [-0.2, 0) is 13.5 Å². The third-order valence-corrected chi connectivity index (χ3v) is 5.36. The van der Waals surface area contributed by atoms with E-state index in [1.54, 1.807) is 23.9 Å². The fraction of sp³-hybridized carbons (Fsp3) is 0.364. The Morgan fingerprint density at radius 3 is 2.63 bits per heavy atom. The monoisotopic (exact) mass is 413 g/mol. The number of aryl methyl sites for hydroxylation is 2. The summed E-state index contributed by atoms with van der Waals surface area (Å²) in [5, 5.41) is 14.8. The van der Waals surface area contributed by atoms with Gasteiger partial charge in [0.25, 0.3) is 0 Å². The fourth-order valence-corrected chi connectivity index (χ4v) is 3.56. The molecule has 8 heteroatoms. The number of ether oxygens (including phenoxy) is 1. The predicted octanol–water partition coefficient (Wildman–Crippen LogP) is 3.95. The fourth-order valence-electron chi connectivity index (χ4n) is 3.56. The van der Waals surface area contributed by atoms with Crippen LogP contribution in [0.5, 0.6) is 5.75 Å². The van der Waals surface area contributed by atoms with E-state index in [1.165, 1.54) is 12.1 Å². The Bertz CT molecular complexity index is 1060. The van der Waals surface area contributed by atoms with Gasteiger partial charge in [-0.1, -0.05) is 6.92 Å². The number of nitrogens with zero attached hydrogens (tertiary/aromatic N) is 3. The van der Waals surface area contributed by atoms with Crippen LogP contribution in [0.4, 0.5) is 8.78 Å². The number of nitrogens with one attached hydrogen (secondary N) is 2. The van der Waals surface area contributed by atoms with Gasteiger partial charge in [-0.3, -0.25) is 9.78 Å². The summed E-state index contributed by atoms with van der Waals surface area (Å²) in [6.45, 7) is 5.04. The number of hydrogen-bond donors (Lipinski definition) is 2. The molecule has 0 saturated carbocycles. The summed E-state index contributed by atoms with van der Waals surface area (Å²) in [6, 6.07) is 2.73. The number of H-pyrrole nitrogens is 1. The van der Waals surface area contributed by atoms with E-state index in [0.29, 0.717) is 24.3 Å². The first kappa shape index (κ1) is 20.3. The van der Waals surface area contributed by atoms with E-state index in [4.69, 9.17) is 4.74 Å². The van der Waals surface area contributed by atoms with E-state index in [0.717, 1.165) is 29.8 Å². The second-order valence-corrected chi connectivity index (χ2v) is 7.56. The smallest absolute Gasteiger partial charge is 0.137 e. The van der Waals surface area contributed by atoms with Gasteiger partial charge in [-0.2, -0.15) is 10.2 Å². The topological polar surface area (TPSA) is 67.8 Å². The summed E-state index contributed by atoms with van der Waals surface area (Å²) in [7, 11) is 1.83. The highest BCUT2D eigenvalue weighted by Gasteiger charge is 2.20. The molecule has 1 fully saturated rings. The first-order chi connectivity index (χ1) is 14.5. The molecule has 1 aliphatic heterocycles. The first-order valence-corrected chi connectivity index (χ1v) is 10.1. The molecule has 1 aromatic carbocycles. The van der Waals surface area contributed by atoms with Gasteiger partial charge < -0.3 is 10.1 Å². The Morgan fingerprint density at radius 1 is 1.33 bits per heavy atom. The zero-order valence-corrected chi connectivity index (χ0v) is 17.3. The van der Waals surface area contributed by atoms with Crippen molar-refractivity contribution in [2.45, 2.75) is 32.7 Å². The average Bonchev–Trinajstić information content (AvgIpc) is 3.25. The SMILES string of the molecule is CCc1[nH]nc(-c2cnn(C)c2)c1/C=C(\C)c1c(F)cc(OCC2CCN2)cc1F. The van der Waals surface area contributed by atoms with Crippen LogP contribution in [0.15, 0.2) is 24.5 Å². The Labute approximate surface area is 173 Å². The van der Waals surface area contributed by atoms with Gasteiger partial charge in [-0.25, -0.2) is 8.78 Å². The van der Waals surface area contributed by atoms with E-state index in [-0.39, 0.29) is 17.4 Å². The van der Waals surface area contributed by atoms with Gasteiger partial charge in [-0.15, -0.1) is 0 Å². The van der Waals surface area contributed by atoms with E-state index in [9.17, 15) is 8.78 Å². The largest absolute Gasteiger partial charge is 0.492 e. The second-order valence-electron chi connectivity index (χ2n) is 7.56. The number of allylic oxidation sites excluding steroid dienone is 1. The molecule has 2 aromatic heterocycles. The third-order valence-electron chi connectivity index (χ3n) is 5.36. The maximum atomic E-state index is 14.8. The molecule has 1 saturated heterocycles. The molecule has 2 N–H and O–H groups in total. The van der Waals surface area contributed by atoms with Crippen LogP contribution in [0.2, 0.25) is 0 Å². The van der Waals surface area contributed by atoms with Gasteiger partial charge in [0, 0.05) is 53.8 Å². The van der Waals surface area contributed by atoms with Gasteiger partial charge in [-0.05, 0) is 38.0 Å². The van der Waals surface area contributed by atoms with Crippen LogP contribution < -0.4 is 10.1 Å². The van der Waals surface area contributed by atoms with Crippen molar-refractivity contribution in [3.63, 3.8) is 0 Å². The Balaban J connectivity index is 1.65. The number of halogens is 2.